The third kappa shape index (κ3) is 5.90. The summed E-state index contributed by atoms with van der Waals surface area (Å²) in [4.78, 5) is 33.2. The predicted molar refractivity (Wildman–Crippen MR) is 127 cm³/mol. The average molecular weight is 441 g/mol. The molecule has 2 fully saturated rings. The van der Waals surface area contributed by atoms with Crippen LogP contribution >= 0.6 is 0 Å². The smallest absolute Gasteiger partial charge is 0.317 e. The van der Waals surface area contributed by atoms with Gasteiger partial charge in [-0.1, -0.05) is 37.5 Å². The van der Waals surface area contributed by atoms with Gasteiger partial charge in [0.15, 0.2) is 0 Å². The van der Waals surface area contributed by atoms with E-state index in [0.29, 0.717) is 18.7 Å². The molecule has 0 radical (unpaired) electrons. The molecule has 2 heterocycles. The Labute approximate surface area is 190 Å². The van der Waals surface area contributed by atoms with Crippen molar-refractivity contribution in [2.45, 2.75) is 58.0 Å². The molecule has 0 unspecified atom stereocenters. The van der Waals surface area contributed by atoms with Crippen LogP contribution in [0.5, 0.6) is 0 Å². The van der Waals surface area contributed by atoms with Gasteiger partial charge < -0.3 is 19.9 Å². The molecule has 1 aliphatic heterocycles. The van der Waals surface area contributed by atoms with Gasteiger partial charge in [0.25, 0.3) is 5.56 Å². The molecule has 2 aliphatic rings. The van der Waals surface area contributed by atoms with Crippen molar-refractivity contribution in [2.75, 3.05) is 39.4 Å². The highest BCUT2D eigenvalue weighted by molar-refractivity contribution is 5.82. The number of benzene rings is 1. The lowest BCUT2D eigenvalue weighted by atomic mass is 9.96. The first-order valence-electron chi connectivity index (χ1n) is 12.1. The van der Waals surface area contributed by atoms with Gasteiger partial charge in [-0.15, -0.1) is 0 Å². The van der Waals surface area contributed by atoms with Crippen molar-refractivity contribution in [2.24, 2.45) is 0 Å². The quantitative estimate of drug-likeness (QED) is 0.692. The van der Waals surface area contributed by atoms with Crippen LogP contribution in [0.4, 0.5) is 4.79 Å². The summed E-state index contributed by atoms with van der Waals surface area (Å²) in [6, 6.07) is 8.12. The van der Waals surface area contributed by atoms with E-state index in [4.69, 9.17) is 4.74 Å². The van der Waals surface area contributed by atoms with Gasteiger partial charge in [-0.25, -0.2) is 4.79 Å². The number of fused-ring (bicyclic) bond motifs is 1. The van der Waals surface area contributed by atoms with Crippen molar-refractivity contribution in [3.8, 4) is 0 Å². The lowest BCUT2D eigenvalue weighted by Crippen LogP contribution is -2.46. The first-order chi connectivity index (χ1) is 15.6. The number of urea groups is 1. The van der Waals surface area contributed by atoms with Gasteiger partial charge in [0.1, 0.15) is 0 Å². The molecule has 1 saturated heterocycles. The number of hydrogen-bond donors (Lipinski definition) is 2. The molecule has 1 aliphatic carbocycles. The van der Waals surface area contributed by atoms with Crippen molar-refractivity contribution in [1.29, 1.82) is 0 Å². The summed E-state index contributed by atoms with van der Waals surface area (Å²) in [5, 5.41) is 4.24. The fourth-order valence-electron chi connectivity index (χ4n) is 4.83. The maximum atomic E-state index is 13.2. The van der Waals surface area contributed by atoms with Crippen molar-refractivity contribution in [1.82, 2.24) is 20.1 Å². The van der Waals surface area contributed by atoms with Crippen LogP contribution in [0.3, 0.4) is 0 Å². The van der Waals surface area contributed by atoms with Gasteiger partial charge in [-0.2, -0.15) is 0 Å². The number of aromatic nitrogens is 1. The molecule has 4 rings (SSSR count). The SMILES string of the molecule is Cc1cccc2cc(CN(CCCN3CCOCC3)C(=O)NC3CCCCC3)c(=O)[nH]c12. The molecular formula is C25H36N4O3. The Morgan fingerprint density at radius 2 is 2.00 bits per heavy atom. The molecule has 32 heavy (non-hydrogen) atoms. The number of pyridine rings is 1. The number of rotatable bonds is 7. The predicted octanol–water partition coefficient (Wildman–Crippen LogP) is 3.40. The molecule has 7 heteroatoms. The van der Waals surface area contributed by atoms with E-state index in [9.17, 15) is 9.59 Å². The summed E-state index contributed by atoms with van der Waals surface area (Å²) in [5.74, 6) is 0. The second-order valence-electron chi connectivity index (χ2n) is 9.18. The average Bonchev–Trinajstić information content (AvgIpc) is 2.81. The molecule has 7 nitrogen and oxygen atoms in total. The molecule has 174 valence electrons. The number of aryl methyl sites for hydroxylation is 1. The maximum absolute atomic E-state index is 13.2. The summed E-state index contributed by atoms with van der Waals surface area (Å²) >= 11 is 0. The third-order valence-electron chi connectivity index (χ3n) is 6.75. The van der Waals surface area contributed by atoms with E-state index >= 15 is 0 Å². The number of hydrogen-bond acceptors (Lipinski definition) is 4. The highest BCUT2D eigenvalue weighted by atomic mass is 16.5. The first-order valence-corrected chi connectivity index (χ1v) is 12.1. The topological polar surface area (TPSA) is 77.7 Å². The fourth-order valence-corrected chi connectivity index (χ4v) is 4.83. The number of ether oxygens (including phenoxy) is 1. The summed E-state index contributed by atoms with van der Waals surface area (Å²) in [6.45, 7) is 7.31. The van der Waals surface area contributed by atoms with Crippen LogP contribution < -0.4 is 10.9 Å². The van der Waals surface area contributed by atoms with Crippen LogP contribution in [0.1, 0.15) is 49.7 Å². The second-order valence-corrected chi connectivity index (χ2v) is 9.18. The Kier molecular flexibility index (Phi) is 7.81. The van der Waals surface area contributed by atoms with Crippen LogP contribution in [-0.4, -0.2) is 66.2 Å². The minimum atomic E-state index is -0.115. The monoisotopic (exact) mass is 440 g/mol. The zero-order valence-electron chi connectivity index (χ0n) is 19.2. The Morgan fingerprint density at radius 1 is 1.22 bits per heavy atom. The van der Waals surface area contributed by atoms with E-state index in [-0.39, 0.29) is 17.6 Å². The molecule has 0 atom stereocenters. The van der Waals surface area contributed by atoms with Crippen LogP contribution in [0.2, 0.25) is 0 Å². The number of para-hydroxylation sites is 1. The Hall–Kier alpha value is -2.38. The van der Waals surface area contributed by atoms with Gasteiger partial charge in [0.05, 0.1) is 25.3 Å². The van der Waals surface area contributed by atoms with Gasteiger partial charge >= 0.3 is 6.03 Å². The summed E-state index contributed by atoms with van der Waals surface area (Å²) < 4.78 is 5.43. The summed E-state index contributed by atoms with van der Waals surface area (Å²) in [6.07, 6.45) is 6.56. The Bertz CT molecular complexity index is 961. The largest absolute Gasteiger partial charge is 0.379 e. The fraction of sp³-hybridized carbons (Fsp3) is 0.600. The second kappa shape index (κ2) is 11.0. The normalized spacial score (nSPS) is 18.0. The molecule has 2 N–H and O–H groups in total. The lowest BCUT2D eigenvalue weighted by Gasteiger charge is -2.30. The molecular weight excluding hydrogens is 404 g/mol. The number of aromatic amines is 1. The number of carbonyl (C=O) groups is 1. The minimum Gasteiger partial charge on any atom is -0.379 e. The van der Waals surface area contributed by atoms with E-state index in [1.807, 2.05) is 36.1 Å². The van der Waals surface area contributed by atoms with E-state index < -0.39 is 0 Å². The van der Waals surface area contributed by atoms with Crippen LogP contribution in [0.15, 0.2) is 29.1 Å². The van der Waals surface area contributed by atoms with E-state index in [0.717, 1.165) is 68.6 Å². The molecule has 0 spiro atoms. The molecule has 1 saturated carbocycles. The van der Waals surface area contributed by atoms with Gasteiger partial charge in [-0.3, -0.25) is 9.69 Å². The number of nitrogens with one attached hydrogen (secondary N) is 2. The van der Waals surface area contributed by atoms with E-state index in [1.54, 1.807) is 0 Å². The molecule has 2 amide bonds. The van der Waals surface area contributed by atoms with Gasteiger partial charge in [0.2, 0.25) is 0 Å². The highest BCUT2D eigenvalue weighted by Crippen LogP contribution is 2.19. The standard InChI is InChI=1S/C25H36N4O3/c1-19-7-5-8-20-17-21(24(30)27-23(19)20)18-29(12-6-11-28-13-15-32-16-14-28)25(31)26-22-9-3-2-4-10-22/h5,7-8,17,22H,2-4,6,9-16,18H2,1H3,(H,26,31)(H,27,30). The molecule has 2 aromatic rings. The third-order valence-corrected chi connectivity index (χ3v) is 6.75. The number of H-pyrrole nitrogens is 1. The van der Waals surface area contributed by atoms with Crippen LogP contribution in [0, 0.1) is 6.92 Å². The van der Waals surface area contributed by atoms with Crippen molar-refractivity contribution in [3.63, 3.8) is 0 Å². The van der Waals surface area contributed by atoms with Gasteiger partial charge in [0, 0.05) is 37.8 Å². The van der Waals surface area contributed by atoms with Crippen LogP contribution in [-0.2, 0) is 11.3 Å². The number of morpholine rings is 1. The first kappa shape index (κ1) is 22.8. The Morgan fingerprint density at radius 3 is 2.78 bits per heavy atom. The zero-order valence-corrected chi connectivity index (χ0v) is 19.2. The lowest BCUT2D eigenvalue weighted by molar-refractivity contribution is 0.0364. The molecule has 1 aromatic heterocycles. The van der Waals surface area contributed by atoms with Crippen molar-refractivity contribution in [3.05, 3.63) is 45.7 Å². The summed E-state index contributed by atoms with van der Waals surface area (Å²) in [7, 11) is 0. The minimum absolute atomic E-state index is 0.0531. The zero-order chi connectivity index (χ0) is 22.3. The van der Waals surface area contributed by atoms with Crippen molar-refractivity contribution >= 4 is 16.9 Å². The number of carbonyl (C=O) groups excluding carboxylic acids is 1. The van der Waals surface area contributed by atoms with Crippen molar-refractivity contribution < 1.29 is 9.53 Å². The van der Waals surface area contributed by atoms with E-state index in [2.05, 4.69) is 15.2 Å². The molecule has 1 aromatic carbocycles. The van der Waals surface area contributed by atoms with Gasteiger partial charge in [-0.05, 0) is 43.2 Å². The van der Waals surface area contributed by atoms with Crippen LogP contribution in [0.25, 0.3) is 10.9 Å². The Balaban J connectivity index is 1.47. The highest BCUT2D eigenvalue weighted by Gasteiger charge is 2.21. The summed E-state index contributed by atoms with van der Waals surface area (Å²) in [5.41, 5.74) is 2.43. The maximum Gasteiger partial charge on any atom is 0.317 e. The number of nitrogens with zero attached hydrogens (tertiary/aromatic N) is 2. The molecule has 0 bridgehead atoms. The van der Waals surface area contributed by atoms with E-state index in [1.165, 1.54) is 19.3 Å². The number of amides is 2.